The number of nitrogens with two attached hydrogens (primary N) is 1. The predicted molar refractivity (Wildman–Crippen MR) is 117 cm³/mol. The van der Waals surface area contributed by atoms with Crippen LogP contribution in [0.5, 0.6) is 5.75 Å². The summed E-state index contributed by atoms with van der Waals surface area (Å²) >= 11 is 1.72. The zero-order valence-electron chi connectivity index (χ0n) is 16.2. The van der Waals surface area contributed by atoms with Crippen molar-refractivity contribution in [3.05, 3.63) is 59.6 Å². The van der Waals surface area contributed by atoms with E-state index in [0.717, 1.165) is 67.0 Å². The summed E-state index contributed by atoms with van der Waals surface area (Å²) in [7, 11) is 1.70. The predicted octanol–water partition coefficient (Wildman–Crippen LogP) is 4.11. The van der Waals surface area contributed by atoms with Gasteiger partial charge in [0.25, 0.3) is 0 Å². The Balaban J connectivity index is 1.42. The van der Waals surface area contributed by atoms with Crippen LogP contribution in [-0.2, 0) is 6.54 Å². The third-order valence-electron chi connectivity index (χ3n) is 5.11. The van der Waals surface area contributed by atoms with Crippen LogP contribution < -0.4 is 15.4 Å². The molecule has 0 atom stereocenters. The summed E-state index contributed by atoms with van der Waals surface area (Å²) in [4.78, 5) is 9.68. The van der Waals surface area contributed by atoms with Gasteiger partial charge in [0, 0.05) is 43.7 Å². The Labute approximate surface area is 170 Å². The standard InChI is InChI=1S/C22H26N4OS/c1-27-20-10-5-9-19(23)21(20)26-12-6-11-25(13-14-26)15-18-16-28-22(24-18)17-7-3-2-4-8-17/h2-5,7-10,16H,6,11-15,23H2,1H3. The zero-order chi connectivity index (χ0) is 19.3. The van der Waals surface area contributed by atoms with Gasteiger partial charge in [-0.25, -0.2) is 4.98 Å². The van der Waals surface area contributed by atoms with Crippen molar-refractivity contribution in [1.82, 2.24) is 9.88 Å². The van der Waals surface area contributed by atoms with E-state index in [-0.39, 0.29) is 0 Å². The summed E-state index contributed by atoms with van der Waals surface area (Å²) in [5.74, 6) is 0.848. The number of aromatic nitrogens is 1. The number of nitrogens with zero attached hydrogens (tertiary/aromatic N) is 3. The van der Waals surface area contributed by atoms with Gasteiger partial charge in [-0.2, -0.15) is 0 Å². The summed E-state index contributed by atoms with van der Waals surface area (Å²) in [5.41, 5.74) is 10.4. The van der Waals surface area contributed by atoms with Gasteiger partial charge >= 0.3 is 0 Å². The number of anilines is 2. The van der Waals surface area contributed by atoms with Crippen LogP contribution in [0.2, 0.25) is 0 Å². The van der Waals surface area contributed by atoms with Crippen molar-refractivity contribution in [1.29, 1.82) is 0 Å². The smallest absolute Gasteiger partial charge is 0.144 e. The Morgan fingerprint density at radius 2 is 1.89 bits per heavy atom. The molecular formula is C22H26N4OS. The molecule has 0 spiro atoms. The highest BCUT2D eigenvalue weighted by Crippen LogP contribution is 2.34. The Morgan fingerprint density at radius 1 is 1.04 bits per heavy atom. The summed E-state index contributed by atoms with van der Waals surface area (Å²) in [6.07, 6.45) is 1.09. The summed E-state index contributed by atoms with van der Waals surface area (Å²) in [6, 6.07) is 16.3. The molecule has 0 unspecified atom stereocenters. The highest BCUT2D eigenvalue weighted by Gasteiger charge is 2.20. The molecule has 1 aromatic heterocycles. The molecule has 2 aromatic carbocycles. The fraction of sp³-hybridized carbons (Fsp3) is 0.318. The van der Waals surface area contributed by atoms with Gasteiger partial charge < -0.3 is 15.4 Å². The number of ether oxygens (including phenoxy) is 1. The molecule has 0 radical (unpaired) electrons. The molecular weight excluding hydrogens is 368 g/mol. The maximum Gasteiger partial charge on any atom is 0.144 e. The summed E-state index contributed by atoms with van der Waals surface area (Å²) < 4.78 is 5.54. The van der Waals surface area contributed by atoms with Crippen molar-refractivity contribution in [2.24, 2.45) is 0 Å². The van der Waals surface area contributed by atoms with Gasteiger partial charge in [0.05, 0.1) is 18.5 Å². The Morgan fingerprint density at radius 3 is 2.71 bits per heavy atom. The first-order valence-electron chi connectivity index (χ1n) is 9.64. The van der Waals surface area contributed by atoms with E-state index in [1.54, 1.807) is 18.4 Å². The highest BCUT2D eigenvalue weighted by atomic mass is 32.1. The van der Waals surface area contributed by atoms with E-state index < -0.39 is 0 Å². The molecule has 1 aliphatic heterocycles. The fourth-order valence-corrected chi connectivity index (χ4v) is 4.53. The lowest BCUT2D eigenvalue weighted by Gasteiger charge is -2.26. The van der Waals surface area contributed by atoms with Crippen LogP contribution in [-0.4, -0.2) is 43.2 Å². The van der Waals surface area contributed by atoms with Crippen LogP contribution in [0.3, 0.4) is 0 Å². The molecule has 1 fully saturated rings. The molecule has 6 heteroatoms. The molecule has 0 amide bonds. The summed E-state index contributed by atoms with van der Waals surface area (Å²) in [6.45, 7) is 4.84. The van der Waals surface area contributed by atoms with E-state index >= 15 is 0 Å². The highest BCUT2D eigenvalue weighted by molar-refractivity contribution is 7.13. The minimum absolute atomic E-state index is 0.778. The minimum atomic E-state index is 0.778. The number of hydrogen-bond acceptors (Lipinski definition) is 6. The molecule has 5 nitrogen and oxygen atoms in total. The van der Waals surface area contributed by atoms with E-state index in [4.69, 9.17) is 15.5 Å². The van der Waals surface area contributed by atoms with Crippen LogP contribution in [0, 0.1) is 0 Å². The van der Waals surface area contributed by atoms with E-state index in [0.29, 0.717) is 0 Å². The molecule has 1 saturated heterocycles. The SMILES string of the molecule is COc1cccc(N)c1N1CCCN(Cc2csc(-c3ccccc3)n2)CC1. The second-order valence-corrected chi connectivity index (χ2v) is 7.88. The second-order valence-electron chi connectivity index (χ2n) is 7.02. The molecule has 146 valence electrons. The quantitative estimate of drug-likeness (QED) is 0.660. The average Bonchev–Trinajstić information content (AvgIpc) is 3.07. The third kappa shape index (κ3) is 4.13. The van der Waals surface area contributed by atoms with Gasteiger partial charge in [-0.1, -0.05) is 36.4 Å². The lowest BCUT2D eigenvalue weighted by atomic mass is 10.2. The minimum Gasteiger partial charge on any atom is -0.495 e. The first-order chi connectivity index (χ1) is 13.7. The van der Waals surface area contributed by atoms with Crippen LogP contribution >= 0.6 is 11.3 Å². The van der Waals surface area contributed by atoms with Crippen LogP contribution in [0.1, 0.15) is 12.1 Å². The molecule has 2 heterocycles. The number of benzene rings is 2. The van der Waals surface area contributed by atoms with E-state index in [1.165, 1.54) is 5.56 Å². The van der Waals surface area contributed by atoms with E-state index in [1.807, 2.05) is 24.3 Å². The lowest BCUT2D eigenvalue weighted by Crippen LogP contribution is -2.31. The zero-order valence-corrected chi connectivity index (χ0v) is 17.0. The number of para-hydroxylation sites is 1. The molecule has 28 heavy (non-hydrogen) atoms. The molecule has 0 saturated carbocycles. The average molecular weight is 395 g/mol. The Bertz CT molecular complexity index is 912. The monoisotopic (exact) mass is 394 g/mol. The fourth-order valence-electron chi connectivity index (χ4n) is 3.72. The van der Waals surface area contributed by atoms with Gasteiger partial charge in [-0.05, 0) is 18.6 Å². The Hall–Kier alpha value is -2.57. The third-order valence-corrected chi connectivity index (χ3v) is 6.05. The van der Waals surface area contributed by atoms with Gasteiger partial charge in [-0.3, -0.25) is 4.90 Å². The molecule has 0 bridgehead atoms. The largest absolute Gasteiger partial charge is 0.495 e. The van der Waals surface area contributed by atoms with E-state index in [9.17, 15) is 0 Å². The van der Waals surface area contributed by atoms with Gasteiger partial charge in [0.1, 0.15) is 16.4 Å². The normalized spacial score (nSPS) is 15.4. The molecule has 0 aliphatic carbocycles. The van der Waals surface area contributed by atoms with Crippen LogP contribution in [0.25, 0.3) is 10.6 Å². The number of thiazole rings is 1. The van der Waals surface area contributed by atoms with Gasteiger partial charge in [-0.15, -0.1) is 11.3 Å². The lowest BCUT2D eigenvalue weighted by molar-refractivity contribution is 0.282. The first-order valence-corrected chi connectivity index (χ1v) is 10.5. The van der Waals surface area contributed by atoms with E-state index in [2.05, 4.69) is 39.4 Å². The number of methoxy groups -OCH3 is 1. The van der Waals surface area contributed by atoms with Gasteiger partial charge in [0.2, 0.25) is 0 Å². The van der Waals surface area contributed by atoms with Crippen molar-refractivity contribution in [2.75, 3.05) is 43.9 Å². The van der Waals surface area contributed by atoms with Crippen molar-refractivity contribution < 1.29 is 4.74 Å². The maximum absolute atomic E-state index is 6.25. The summed E-state index contributed by atoms with van der Waals surface area (Å²) in [5, 5.41) is 3.28. The molecule has 4 rings (SSSR count). The van der Waals surface area contributed by atoms with Gasteiger partial charge in [0.15, 0.2) is 0 Å². The first kappa shape index (κ1) is 18.8. The topological polar surface area (TPSA) is 54.6 Å². The van der Waals surface area contributed by atoms with Crippen molar-refractivity contribution in [3.63, 3.8) is 0 Å². The maximum atomic E-state index is 6.25. The second kappa shape index (κ2) is 8.63. The van der Waals surface area contributed by atoms with Crippen molar-refractivity contribution >= 4 is 22.7 Å². The van der Waals surface area contributed by atoms with Crippen LogP contribution in [0.15, 0.2) is 53.9 Å². The number of rotatable bonds is 5. The molecule has 1 aliphatic rings. The molecule has 3 aromatic rings. The molecule has 2 N–H and O–H groups in total. The Kier molecular flexibility index (Phi) is 5.78. The number of nitrogen functional groups attached to an aromatic ring is 1. The van der Waals surface area contributed by atoms with Crippen molar-refractivity contribution in [3.8, 4) is 16.3 Å². The van der Waals surface area contributed by atoms with Crippen LogP contribution in [0.4, 0.5) is 11.4 Å². The van der Waals surface area contributed by atoms with Crippen molar-refractivity contribution in [2.45, 2.75) is 13.0 Å². The number of hydrogen-bond donors (Lipinski definition) is 1.